The molecule has 30 heavy (non-hydrogen) atoms. The Labute approximate surface area is 185 Å². The predicted molar refractivity (Wildman–Crippen MR) is 120 cm³/mol. The highest BCUT2D eigenvalue weighted by atomic mass is 32.2. The molecule has 3 amide bonds. The molecule has 1 aromatic carbocycles. The van der Waals surface area contributed by atoms with Crippen LogP contribution in [0.3, 0.4) is 0 Å². The van der Waals surface area contributed by atoms with Crippen LogP contribution in [0.5, 0.6) is 0 Å². The number of rotatable bonds is 8. The van der Waals surface area contributed by atoms with Gasteiger partial charge < -0.3 is 20.6 Å². The van der Waals surface area contributed by atoms with Crippen LogP contribution in [0.25, 0.3) is 0 Å². The van der Waals surface area contributed by atoms with Crippen LogP contribution in [0.2, 0.25) is 0 Å². The van der Waals surface area contributed by atoms with Crippen LogP contribution in [0.1, 0.15) is 48.5 Å². The van der Waals surface area contributed by atoms with Crippen molar-refractivity contribution in [2.24, 2.45) is 0 Å². The highest BCUT2D eigenvalue weighted by molar-refractivity contribution is 8.01. The number of hydrogen-bond donors (Lipinski definition) is 3. The van der Waals surface area contributed by atoms with Gasteiger partial charge in [-0.2, -0.15) is 11.8 Å². The summed E-state index contributed by atoms with van der Waals surface area (Å²) in [5.74, 6) is -0.0947. The Morgan fingerprint density at radius 3 is 2.67 bits per heavy atom. The molecule has 1 aromatic rings. The van der Waals surface area contributed by atoms with E-state index < -0.39 is 22.9 Å². The molecule has 1 fully saturated rings. The van der Waals surface area contributed by atoms with E-state index in [1.54, 1.807) is 41.4 Å². The third-order valence-corrected chi connectivity index (χ3v) is 7.63. The number of fused-ring (bicyclic) bond motifs is 3. The van der Waals surface area contributed by atoms with Gasteiger partial charge in [0.25, 0.3) is 5.91 Å². The van der Waals surface area contributed by atoms with Gasteiger partial charge >= 0.3 is 0 Å². The molecule has 2 aliphatic heterocycles. The van der Waals surface area contributed by atoms with Gasteiger partial charge in [0.1, 0.15) is 17.5 Å². The lowest BCUT2D eigenvalue weighted by atomic mass is 10.00. The Morgan fingerprint density at radius 2 is 2.00 bits per heavy atom. The molecule has 0 saturated carbocycles. The summed E-state index contributed by atoms with van der Waals surface area (Å²) in [5, 5.41) is 14.6. The first-order valence-corrected chi connectivity index (χ1v) is 12.3. The molecule has 3 N–H and O–H groups in total. The molecular formula is C21H29N3O4S2. The van der Waals surface area contributed by atoms with Gasteiger partial charge in [-0.25, -0.2) is 0 Å². The number of thioether (sulfide) groups is 2. The number of carbonyl (C=O) groups excluding carboxylic acids is 3. The van der Waals surface area contributed by atoms with Crippen molar-refractivity contribution in [3.8, 4) is 0 Å². The standard InChI is InChI=1S/C21H29N3O4S2/c1-12(11-25)22-17(26)15(9-10-29-4)23-18(27)16-21(2,3)30-20-14-8-6-5-7-13(14)19(28)24(16)20/h5-8,12,15-16,20,25H,9-11H2,1-4H3,(H,22,26)(H,23,27)/t12-,15-,16+,20-/m0/s1. The lowest BCUT2D eigenvalue weighted by molar-refractivity contribution is -0.132. The zero-order valence-electron chi connectivity index (χ0n) is 17.7. The van der Waals surface area contributed by atoms with Crippen molar-refractivity contribution in [1.29, 1.82) is 0 Å². The van der Waals surface area contributed by atoms with E-state index in [1.807, 2.05) is 38.3 Å². The van der Waals surface area contributed by atoms with Crippen LogP contribution in [0, 0.1) is 0 Å². The molecule has 7 nitrogen and oxygen atoms in total. The van der Waals surface area contributed by atoms with Gasteiger partial charge in [-0.1, -0.05) is 18.2 Å². The quantitative estimate of drug-likeness (QED) is 0.557. The predicted octanol–water partition coefficient (Wildman–Crippen LogP) is 1.77. The van der Waals surface area contributed by atoms with Crippen LogP contribution in [0.15, 0.2) is 24.3 Å². The molecule has 164 valence electrons. The number of nitrogens with one attached hydrogen (secondary N) is 2. The Bertz CT molecular complexity index is 832. The molecule has 0 bridgehead atoms. The van der Waals surface area contributed by atoms with Crippen LogP contribution in [-0.2, 0) is 9.59 Å². The summed E-state index contributed by atoms with van der Waals surface area (Å²) in [5.41, 5.74) is 1.57. The average Bonchev–Trinajstić information content (AvgIpc) is 3.14. The van der Waals surface area contributed by atoms with Crippen LogP contribution >= 0.6 is 23.5 Å². The van der Waals surface area contributed by atoms with E-state index in [4.69, 9.17) is 0 Å². The fourth-order valence-electron chi connectivity index (χ4n) is 3.95. The van der Waals surface area contributed by atoms with E-state index in [1.165, 1.54) is 0 Å². The van der Waals surface area contributed by atoms with Crippen molar-refractivity contribution >= 4 is 41.2 Å². The van der Waals surface area contributed by atoms with Crippen molar-refractivity contribution in [3.05, 3.63) is 35.4 Å². The normalized spacial score (nSPS) is 23.5. The van der Waals surface area contributed by atoms with Gasteiger partial charge in [0.05, 0.1) is 6.61 Å². The molecule has 0 aliphatic carbocycles. The zero-order chi connectivity index (χ0) is 22.1. The highest BCUT2D eigenvalue weighted by Crippen LogP contribution is 2.56. The number of nitrogens with zero attached hydrogens (tertiary/aromatic N) is 1. The molecule has 4 atom stereocenters. The zero-order valence-corrected chi connectivity index (χ0v) is 19.3. The van der Waals surface area contributed by atoms with E-state index in [0.717, 1.165) is 5.56 Å². The van der Waals surface area contributed by atoms with Crippen LogP contribution in [0.4, 0.5) is 0 Å². The summed E-state index contributed by atoms with van der Waals surface area (Å²) < 4.78 is -0.503. The minimum atomic E-state index is -0.723. The topological polar surface area (TPSA) is 98.7 Å². The third kappa shape index (κ3) is 4.33. The second-order valence-electron chi connectivity index (χ2n) is 8.21. The van der Waals surface area contributed by atoms with E-state index in [9.17, 15) is 19.5 Å². The maximum absolute atomic E-state index is 13.4. The molecule has 1 saturated heterocycles. The summed E-state index contributed by atoms with van der Waals surface area (Å²) in [4.78, 5) is 40.8. The first kappa shape index (κ1) is 23.0. The molecule has 0 aromatic heterocycles. The second-order valence-corrected chi connectivity index (χ2v) is 10.9. The molecule has 3 rings (SSSR count). The largest absolute Gasteiger partial charge is 0.394 e. The van der Waals surface area contributed by atoms with Crippen LogP contribution < -0.4 is 10.6 Å². The number of carbonyl (C=O) groups is 3. The first-order valence-electron chi connectivity index (χ1n) is 10.0. The minimum absolute atomic E-state index is 0.146. The molecular weight excluding hydrogens is 422 g/mol. The molecule has 9 heteroatoms. The van der Waals surface area contributed by atoms with Gasteiger partial charge in [-0.05, 0) is 50.8 Å². The number of aliphatic hydroxyl groups is 1. The molecule has 2 heterocycles. The Morgan fingerprint density at radius 1 is 1.30 bits per heavy atom. The molecule has 0 radical (unpaired) electrons. The Hall–Kier alpha value is -1.71. The van der Waals surface area contributed by atoms with E-state index >= 15 is 0 Å². The lowest BCUT2D eigenvalue weighted by Crippen LogP contribution is -2.57. The summed E-state index contributed by atoms with van der Waals surface area (Å²) in [6.45, 7) is 5.44. The summed E-state index contributed by atoms with van der Waals surface area (Å²) in [6.07, 6.45) is 2.41. The molecule has 0 spiro atoms. The van der Waals surface area contributed by atoms with Gasteiger partial charge in [0.15, 0.2) is 0 Å². The molecule has 2 aliphatic rings. The minimum Gasteiger partial charge on any atom is -0.394 e. The third-order valence-electron chi connectivity index (χ3n) is 5.45. The highest BCUT2D eigenvalue weighted by Gasteiger charge is 2.57. The van der Waals surface area contributed by atoms with Crippen molar-refractivity contribution < 1.29 is 19.5 Å². The number of hydrogen-bond acceptors (Lipinski definition) is 6. The second kappa shape index (κ2) is 9.20. The summed E-state index contributed by atoms with van der Waals surface area (Å²) in [7, 11) is 0. The summed E-state index contributed by atoms with van der Waals surface area (Å²) >= 11 is 3.18. The first-order chi connectivity index (χ1) is 14.2. The van der Waals surface area contributed by atoms with Crippen molar-refractivity contribution in [1.82, 2.24) is 15.5 Å². The fourth-order valence-corrected chi connectivity index (χ4v) is 6.01. The Balaban J connectivity index is 1.82. The molecule has 0 unspecified atom stereocenters. The van der Waals surface area contributed by atoms with E-state index in [2.05, 4.69) is 10.6 Å². The van der Waals surface area contributed by atoms with E-state index in [-0.39, 0.29) is 29.7 Å². The maximum Gasteiger partial charge on any atom is 0.256 e. The van der Waals surface area contributed by atoms with Gasteiger partial charge in [0, 0.05) is 16.4 Å². The van der Waals surface area contributed by atoms with Crippen LogP contribution in [-0.4, -0.2) is 69.2 Å². The van der Waals surface area contributed by atoms with Crippen molar-refractivity contribution in [2.75, 3.05) is 18.6 Å². The smallest absolute Gasteiger partial charge is 0.256 e. The van der Waals surface area contributed by atoms with Gasteiger partial charge in [-0.15, -0.1) is 11.8 Å². The summed E-state index contributed by atoms with van der Waals surface area (Å²) in [6, 6.07) is 5.65. The van der Waals surface area contributed by atoms with E-state index in [0.29, 0.717) is 17.7 Å². The fraction of sp³-hybridized carbons (Fsp3) is 0.571. The van der Waals surface area contributed by atoms with Gasteiger partial charge in [0.2, 0.25) is 11.8 Å². The van der Waals surface area contributed by atoms with Crippen molar-refractivity contribution in [3.63, 3.8) is 0 Å². The number of amides is 3. The Kier molecular flexibility index (Phi) is 7.04. The maximum atomic E-state index is 13.4. The number of benzene rings is 1. The SMILES string of the molecule is CSCC[C@H](NC(=O)[C@H]1N2C(=O)c3ccccc3[C@@H]2SC1(C)C)C(=O)N[C@@H](C)CO. The number of aliphatic hydroxyl groups excluding tert-OH is 1. The monoisotopic (exact) mass is 451 g/mol. The van der Waals surface area contributed by atoms with Crippen molar-refractivity contribution in [2.45, 2.75) is 55.4 Å². The lowest BCUT2D eigenvalue weighted by Gasteiger charge is -2.31. The average molecular weight is 452 g/mol. The van der Waals surface area contributed by atoms with Gasteiger partial charge in [-0.3, -0.25) is 14.4 Å².